The van der Waals surface area contributed by atoms with Crippen molar-refractivity contribution < 1.29 is 19.4 Å². The average Bonchev–Trinajstić information content (AvgIpc) is 2.33. The van der Waals surface area contributed by atoms with Gasteiger partial charge in [0, 0.05) is 19.4 Å². The number of rotatable bonds is 6. The first-order valence-electron chi connectivity index (χ1n) is 5.26. The normalized spacial score (nSPS) is 11.8. The molecule has 0 saturated heterocycles. The van der Waals surface area contributed by atoms with Gasteiger partial charge in [-0.15, -0.1) is 0 Å². The van der Waals surface area contributed by atoms with Crippen LogP contribution in [0.5, 0.6) is 0 Å². The van der Waals surface area contributed by atoms with Crippen LogP contribution in [0.3, 0.4) is 0 Å². The van der Waals surface area contributed by atoms with Crippen LogP contribution in [0, 0.1) is 0 Å². The first-order chi connectivity index (χ1) is 8.93. The van der Waals surface area contributed by atoms with Gasteiger partial charge in [0.15, 0.2) is 6.10 Å². The van der Waals surface area contributed by atoms with Crippen molar-refractivity contribution in [3.63, 3.8) is 0 Å². The summed E-state index contributed by atoms with van der Waals surface area (Å²) in [6.07, 6.45) is 0.0161. The van der Waals surface area contributed by atoms with Crippen molar-refractivity contribution in [3.8, 4) is 0 Å². The van der Waals surface area contributed by atoms with Crippen molar-refractivity contribution in [3.05, 3.63) is 33.1 Å². The van der Waals surface area contributed by atoms with E-state index in [0.717, 1.165) is 10.6 Å². The Bertz CT molecular complexity index is 575. The number of carbonyl (C=O) groups is 2. The summed E-state index contributed by atoms with van der Waals surface area (Å²) in [7, 11) is 1.21. The molecule has 1 atom stereocenters. The lowest BCUT2D eigenvalue weighted by Gasteiger charge is -2.11. The molecule has 1 aromatic heterocycles. The minimum absolute atomic E-state index is 0.219. The Morgan fingerprint density at radius 2 is 2.21 bits per heavy atom. The summed E-state index contributed by atoms with van der Waals surface area (Å²) in [4.78, 5) is 46.2. The van der Waals surface area contributed by atoms with Gasteiger partial charge in [-0.05, 0) is 0 Å². The number of carboxylic acids is 1. The molecule has 0 aliphatic heterocycles. The second kappa shape index (κ2) is 6.50. The number of aromatic amines is 1. The second-order valence-electron chi connectivity index (χ2n) is 3.60. The fourth-order valence-electron chi connectivity index (χ4n) is 1.26. The smallest absolute Gasteiger partial charge is 0.334 e. The molecule has 0 aliphatic carbocycles. The van der Waals surface area contributed by atoms with E-state index in [1.54, 1.807) is 0 Å². The number of aromatic nitrogens is 2. The molecular weight excluding hydrogens is 258 g/mol. The number of nitrogens with zero attached hydrogens (tertiary/aromatic N) is 1. The molecule has 0 bridgehead atoms. The predicted molar refractivity (Wildman–Crippen MR) is 62.8 cm³/mol. The number of ether oxygens (including phenoxy) is 1. The van der Waals surface area contributed by atoms with Crippen LogP contribution in [-0.4, -0.2) is 46.3 Å². The summed E-state index contributed by atoms with van der Waals surface area (Å²) in [5, 5.41) is 11.0. The zero-order valence-electron chi connectivity index (χ0n) is 10.1. The van der Waals surface area contributed by atoms with Gasteiger partial charge in [0.05, 0.1) is 6.54 Å². The fourth-order valence-corrected chi connectivity index (χ4v) is 1.26. The zero-order chi connectivity index (χ0) is 14.4. The van der Waals surface area contributed by atoms with E-state index in [2.05, 4.69) is 10.1 Å². The van der Waals surface area contributed by atoms with Crippen LogP contribution in [0.1, 0.15) is 0 Å². The monoisotopic (exact) mass is 271 g/mol. The molecule has 3 N–H and O–H groups in total. The summed E-state index contributed by atoms with van der Waals surface area (Å²) < 4.78 is 5.61. The highest BCUT2D eigenvalue weighted by Gasteiger charge is 2.17. The largest absolute Gasteiger partial charge is 0.479 e. The Balaban J connectivity index is 2.58. The van der Waals surface area contributed by atoms with Crippen molar-refractivity contribution in [2.24, 2.45) is 0 Å². The quantitative estimate of drug-likeness (QED) is 0.536. The predicted octanol–water partition coefficient (Wildman–Crippen LogP) is -2.25. The SMILES string of the molecule is COC(CNC(=O)Cn1ccc(=O)[nH]c1=O)C(=O)O. The van der Waals surface area contributed by atoms with Gasteiger partial charge in [0.2, 0.25) is 5.91 Å². The number of hydrogen-bond donors (Lipinski definition) is 3. The number of amides is 1. The molecule has 104 valence electrons. The van der Waals surface area contributed by atoms with Crippen LogP contribution in [-0.2, 0) is 20.9 Å². The zero-order valence-corrected chi connectivity index (χ0v) is 10.1. The summed E-state index contributed by atoms with van der Waals surface area (Å²) in [5.74, 6) is -1.78. The number of carbonyl (C=O) groups excluding carboxylic acids is 1. The van der Waals surface area contributed by atoms with Crippen LogP contribution in [0.25, 0.3) is 0 Å². The van der Waals surface area contributed by atoms with E-state index in [9.17, 15) is 19.2 Å². The van der Waals surface area contributed by atoms with Gasteiger partial charge >= 0.3 is 11.7 Å². The summed E-state index contributed by atoms with van der Waals surface area (Å²) in [6.45, 7) is -0.547. The summed E-state index contributed by atoms with van der Waals surface area (Å²) >= 11 is 0. The summed E-state index contributed by atoms with van der Waals surface area (Å²) in [5.41, 5.74) is -1.28. The van der Waals surface area contributed by atoms with Gasteiger partial charge in [-0.3, -0.25) is 19.1 Å². The molecule has 1 unspecified atom stereocenters. The number of hydrogen-bond acceptors (Lipinski definition) is 5. The van der Waals surface area contributed by atoms with Crippen LogP contribution in [0.4, 0.5) is 0 Å². The standard InChI is InChI=1S/C10H13N3O6/c1-19-6(9(16)17)4-11-8(15)5-13-3-2-7(14)12-10(13)18/h2-3,6H,4-5H2,1H3,(H,11,15)(H,16,17)(H,12,14,18). The van der Waals surface area contributed by atoms with E-state index >= 15 is 0 Å². The lowest BCUT2D eigenvalue weighted by atomic mass is 10.3. The molecule has 0 aliphatic rings. The molecule has 0 radical (unpaired) electrons. The average molecular weight is 271 g/mol. The topological polar surface area (TPSA) is 130 Å². The Labute approximate surface area is 106 Å². The van der Waals surface area contributed by atoms with Crippen molar-refractivity contribution in [1.29, 1.82) is 0 Å². The first kappa shape index (κ1) is 14.6. The van der Waals surface area contributed by atoms with E-state index in [0.29, 0.717) is 0 Å². The van der Waals surface area contributed by atoms with Gasteiger partial charge in [-0.2, -0.15) is 0 Å². The molecule has 1 aromatic rings. The number of H-pyrrole nitrogens is 1. The minimum Gasteiger partial charge on any atom is -0.479 e. The number of aliphatic carboxylic acids is 1. The first-order valence-corrected chi connectivity index (χ1v) is 5.26. The maximum atomic E-state index is 11.5. The van der Waals surface area contributed by atoms with E-state index in [-0.39, 0.29) is 13.1 Å². The highest BCUT2D eigenvalue weighted by molar-refractivity contribution is 5.77. The lowest BCUT2D eigenvalue weighted by Crippen LogP contribution is -2.41. The van der Waals surface area contributed by atoms with Crippen LogP contribution < -0.4 is 16.6 Å². The van der Waals surface area contributed by atoms with E-state index in [4.69, 9.17) is 5.11 Å². The van der Waals surface area contributed by atoms with E-state index in [1.165, 1.54) is 13.3 Å². The maximum Gasteiger partial charge on any atom is 0.334 e. The molecule has 19 heavy (non-hydrogen) atoms. The molecule has 0 spiro atoms. The van der Waals surface area contributed by atoms with Crippen molar-refractivity contribution in [1.82, 2.24) is 14.9 Å². The molecule has 0 saturated carbocycles. The van der Waals surface area contributed by atoms with Gasteiger partial charge in [-0.1, -0.05) is 0 Å². The van der Waals surface area contributed by atoms with E-state index in [1.807, 2.05) is 4.98 Å². The van der Waals surface area contributed by atoms with Gasteiger partial charge in [0.1, 0.15) is 6.54 Å². The molecule has 9 nitrogen and oxygen atoms in total. The van der Waals surface area contributed by atoms with Gasteiger partial charge in [-0.25, -0.2) is 9.59 Å². The third kappa shape index (κ3) is 4.39. The number of methoxy groups -OCH3 is 1. The van der Waals surface area contributed by atoms with Crippen molar-refractivity contribution in [2.75, 3.05) is 13.7 Å². The van der Waals surface area contributed by atoms with Crippen LogP contribution in [0.2, 0.25) is 0 Å². The molecule has 1 rings (SSSR count). The number of nitrogens with one attached hydrogen (secondary N) is 2. The van der Waals surface area contributed by atoms with Crippen molar-refractivity contribution >= 4 is 11.9 Å². The fraction of sp³-hybridized carbons (Fsp3) is 0.400. The van der Waals surface area contributed by atoms with Gasteiger partial charge < -0.3 is 15.2 Å². The minimum atomic E-state index is -1.20. The highest BCUT2D eigenvalue weighted by atomic mass is 16.5. The summed E-state index contributed by atoms with van der Waals surface area (Å²) in [6, 6.07) is 1.10. The molecule has 0 fully saturated rings. The van der Waals surface area contributed by atoms with Crippen LogP contribution >= 0.6 is 0 Å². The highest BCUT2D eigenvalue weighted by Crippen LogP contribution is 1.88. The molecule has 9 heteroatoms. The Morgan fingerprint density at radius 1 is 1.53 bits per heavy atom. The molecule has 1 heterocycles. The molecule has 1 amide bonds. The van der Waals surface area contributed by atoms with Crippen molar-refractivity contribution in [2.45, 2.75) is 12.6 Å². The Kier molecular flexibility index (Phi) is 5.01. The third-order valence-electron chi connectivity index (χ3n) is 2.26. The molecule has 0 aromatic carbocycles. The maximum absolute atomic E-state index is 11.5. The Morgan fingerprint density at radius 3 is 2.74 bits per heavy atom. The molecular formula is C10H13N3O6. The number of carboxylic acid groups (broad SMARTS) is 1. The van der Waals surface area contributed by atoms with Crippen LogP contribution in [0.15, 0.2) is 21.9 Å². The van der Waals surface area contributed by atoms with Gasteiger partial charge in [0.25, 0.3) is 5.56 Å². The Hall–Kier alpha value is -2.42. The second-order valence-corrected chi connectivity index (χ2v) is 3.60. The third-order valence-corrected chi connectivity index (χ3v) is 2.26. The lowest BCUT2D eigenvalue weighted by molar-refractivity contribution is -0.148. The van der Waals surface area contributed by atoms with E-state index < -0.39 is 29.2 Å².